The standard InChI is InChI=1S/C18H27N3O/c1-14-18(22)15(2)21(19)17(20-14)13-9-4-3-6-10-16-11-7-5-8-12-16/h5,7-8,11-12,17,22H,3-4,6,9-10,13,19H2,1-2H3. The molecule has 0 amide bonds. The van der Waals surface area contributed by atoms with Crippen LogP contribution in [0, 0.1) is 0 Å². The number of nitrogens with zero attached hydrogens (tertiary/aromatic N) is 2. The maximum absolute atomic E-state index is 9.81. The van der Waals surface area contributed by atoms with Gasteiger partial charge in [-0.1, -0.05) is 43.2 Å². The summed E-state index contributed by atoms with van der Waals surface area (Å²) in [5.41, 5.74) is 2.81. The van der Waals surface area contributed by atoms with Crippen LogP contribution in [-0.2, 0) is 6.42 Å². The number of aliphatic imine (C=N–C) groups is 1. The van der Waals surface area contributed by atoms with Crippen molar-refractivity contribution in [2.24, 2.45) is 10.8 Å². The lowest BCUT2D eigenvalue weighted by molar-refractivity contribution is 0.225. The van der Waals surface area contributed by atoms with Gasteiger partial charge in [-0.25, -0.2) is 5.84 Å². The minimum atomic E-state index is -0.0370. The van der Waals surface area contributed by atoms with E-state index >= 15 is 0 Å². The number of aliphatic hydroxyl groups is 1. The summed E-state index contributed by atoms with van der Waals surface area (Å²) in [7, 11) is 0. The van der Waals surface area contributed by atoms with E-state index in [1.807, 2.05) is 13.8 Å². The Labute approximate surface area is 133 Å². The van der Waals surface area contributed by atoms with Crippen LogP contribution >= 0.6 is 0 Å². The third-order valence-corrected chi connectivity index (χ3v) is 4.26. The van der Waals surface area contributed by atoms with E-state index in [-0.39, 0.29) is 11.9 Å². The van der Waals surface area contributed by atoms with E-state index in [1.165, 1.54) is 24.8 Å². The van der Waals surface area contributed by atoms with Gasteiger partial charge in [-0.15, -0.1) is 0 Å². The molecular formula is C18H27N3O. The van der Waals surface area contributed by atoms with E-state index in [4.69, 9.17) is 5.84 Å². The fraction of sp³-hybridized carbons (Fsp3) is 0.500. The van der Waals surface area contributed by atoms with Crippen LogP contribution in [0.4, 0.5) is 0 Å². The second kappa shape index (κ2) is 7.99. The highest BCUT2D eigenvalue weighted by atomic mass is 16.3. The molecule has 22 heavy (non-hydrogen) atoms. The van der Waals surface area contributed by atoms with Crippen molar-refractivity contribution >= 4 is 5.71 Å². The third-order valence-electron chi connectivity index (χ3n) is 4.26. The molecule has 2 rings (SSSR count). The van der Waals surface area contributed by atoms with Gasteiger partial charge in [0, 0.05) is 0 Å². The Morgan fingerprint density at radius 2 is 1.77 bits per heavy atom. The van der Waals surface area contributed by atoms with Crippen LogP contribution in [0.3, 0.4) is 0 Å². The van der Waals surface area contributed by atoms with E-state index in [9.17, 15) is 5.11 Å². The first-order valence-electron chi connectivity index (χ1n) is 8.12. The number of hydrogen-bond acceptors (Lipinski definition) is 4. The van der Waals surface area contributed by atoms with E-state index in [1.54, 1.807) is 5.01 Å². The summed E-state index contributed by atoms with van der Waals surface area (Å²) in [4.78, 5) is 4.47. The van der Waals surface area contributed by atoms with E-state index in [0.717, 1.165) is 19.3 Å². The van der Waals surface area contributed by atoms with Crippen molar-refractivity contribution in [2.75, 3.05) is 0 Å². The number of nitrogens with two attached hydrogens (primary N) is 1. The largest absolute Gasteiger partial charge is 0.504 e. The summed E-state index contributed by atoms with van der Waals surface area (Å²) in [6.07, 6.45) is 6.81. The lowest BCUT2D eigenvalue weighted by Gasteiger charge is -2.31. The monoisotopic (exact) mass is 301 g/mol. The molecule has 1 aromatic carbocycles. The molecule has 120 valence electrons. The lowest BCUT2D eigenvalue weighted by atomic mass is 10.0. The quantitative estimate of drug-likeness (QED) is 0.592. The minimum Gasteiger partial charge on any atom is -0.504 e. The first-order chi connectivity index (χ1) is 10.6. The molecular weight excluding hydrogens is 274 g/mol. The zero-order chi connectivity index (χ0) is 15.9. The Bertz CT molecular complexity index is 537. The summed E-state index contributed by atoms with van der Waals surface area (Å²) in [5, 5.41) is 11.4. The summed E-state index contributed by atoms with van der Waals surface area (Å²) >= 11 is 0. The van der Waals surface area contributed by atoms with Gasteiger partial charge < -0.3 is 5.11 Å². The Kier molecular flexibility index (Phi) is 6.01. The number of hydrazine groups is 1. The van der Waals surface area contributed by atoms with Gasteiger partial charge in [0.15, 0.2) is 5.76 Å². The van der Waals surface area contributed by atoms with Crippen LogP contribution in [0.25, 0.3) is 0 Å². The molecule has 1 heterocycles. The number of unbranched alkanes of at least 4 members (excludes halogenated alkanes) is 3. The molecule has 3 N–H and O–H groups in total. The third kappa shape index (κ3) is 4.34. The number of allylic oxidation sites excluding steroid dienone is 2. The number of benzene rings is 1. The van der Waals surface area contributed by atoms with Gasteiger partial charge in [-0.05, 0) is 45.1 Å². The molecule has 0 saturated heterocycles. The van der Waals surface area contributed by atoms with Crippen molar-refractivity contribution in [3.8, 4) is 0 Å². The topological polar surface area (TPSA) is 61.8 Å². The highest BCUT2D eigenvalue weighted by molar-refractivity contribution is 5.97. The smallest absolute Gasteiger partial charge is 0.156 e. The molecule has 0 radical (unpaired) electrons. The molecule has 1 unspecified atom stereocenters. The summed E-state index contributed by atoms with van der Waals surface area (Å²) < 4.78 is 0. The van der Waals surface area contributed by atoms with Gasteiger partial charge in [-0.3, -0.25) is 10.0 Å². The van der Waals surface area contributed by atoms with Crippen molar-refractivity contribution in [3.05, 3.63) is 47.4 Å². The first-order valence-corrected chi connectivity index (χ1v) is 8.12. The van der Waals surface area contributed by atoms with Crippen LogP contribution < -0.4 is 5.84 Å². The normalized spacial score (nSPS) is 18.6. The van der Waals surface area contributed by atoms with E-state index < -0.39 is 0 Å². The van der Waals surface area contributed by atoms with Crippen LogP contribution in [-0.4, -0.2) is 22.0 Å². The first kappa shape index (κ1) is 16.6. The molecule has 1 aliphatic rings. The van der Waals surface area contributed by atoms with Crippen molar-refractivity contribution in [3.63, 3.8) is 0 Å². The van der Waals surface area contributed by atoms with Gasteiger partial charge in [0.05, 0.1) is 11.4 Å². The predicted molar refractivity (Wildman–Crippen MR) is 91.5 cm³/mol. The SMILES string of the molecule is CC1=NC(CCCCCCc2ccccc2)N(N)C(C)=C1O. The van der Waals surface area contributed by atoms with Gasteiger partial charge >= 0.3 is 0 Å². The Balaban J connectivity index is 1.65. The Hall–Kier alpha value is -1.81. The maximum Gasteiger partial charge on any atom is 0.156 e. The maximum atomic E-state index is 9.81. The van der Waals surface area contributed by atoms with E-state index in [2.05, 4.69) is 35.3 Å². The second-order valence-electron chi connectivity index (χ2n) is 5.97. The zero-order valence-electron chi connectivity index (χ0n) is 13.6. The second-order valence-corrected chi connectivity index (χ2v) is 5.97. The number of hydrogen-bond donors (Lipinski definition) is 2. The summed E-state index contributed by atoms with van der Waals surface area (Å²) in [6.45, 7) is 3.67. The molecule has 4 nitrogen and oxygen atoms in total. The van der Waals surface area contributed by atoms with E-state index in [0.29, 0.717) is 11.4 Å². The highest BCUT2D eigenvalue weighted by Gasteiger charge is 2.23. The number of aryl methyl sites for hydroxylation is 1. The molecule has 0 aliphatic carbocycles. The molecule has 0 saturated carbocycles. The van der Waals surface area contributed by atoms with Crippen molar-refractivity contribution in [1.82, 2.24) is 5.01 Å². The van der Waals surface area contributed by atoms with Crippen LogP contribution in [0.1, 0.15) is 51.5 Å². The average Bonchev–Trinajstić information content (AvgIpc) is 2.54. The highest BCUT2D eigenvalue weighted by Crippen LogP contribution is 2.21. The fourth-order valence-corrected chi connectivity index (χ4v) is 2.81. The molecule has 0 spiro atoms. The lowest BCUT2D eigenvalue weighted by Crippen LogP contribution is -2.42. The van der Waals surface area contributed by atoms with Crippen LogP contribution in [0.2, 0.25) is 0 Å². The molecule has 1 aliphatic heterocycles. The molecule has 1 atom stereocenters. The summed E-state index contributed by atoms with van der Waals surface area (Å²) in [5.74, 6) is 6.21. The fourth-order valence-electron chi connectivity index (χ4n) is 2.81. The molecule has 0 fully saturated rings. The van der Waals surface area contributed by atoms with Crippen LogP contribution in [0.5, 0.6) is 0 Å². The Morgan fingerprint density at radius 1 is 1.09 bits per heavy atom. The van der Waals surface area contributed by atoms with Crippen molar-refractivity contribution in [2.45, 2.75) is 58.5 Å². The number of rotatable bonds is 7. The van der Waals surface area contributed by atoms with Gasteiger partial charge in [0.2, 0.25) is 0 Å². The summed E-state index contributed by atoms with van der Waals surface area (Å²) in [6, 6.07) is 10.6. The Morgan fingerprint density at radius 3 is 2.50 bits per heavy atom. The molecule has 0 aromatic heterocycles. The molecule has 4 heteroatoms. The zero-order valence-corrected chi connectivity index (χ0v) is 13.6. The molecule has 0 bridgehead atoms. The van der Waals surface area contributed by atoms with Gasteiger partial charge in [-0.2, -0.15) is 0 Å². The minimum absolute atomic E-state index is 0.0370. The van der Waals surface area contributed by atoms with Crippen LogP contribution in [0.15, 0.2) is 46.8 Å². The van der Waals surface area contributed by atoms with Gasteiger partial charge in [0.25, 0.3) is 0 Å². The average molecular weight is 301 g/mol. The molecule has 1 aromatic rings. The van der Waals surface area contributed by atoms with Gasteiger partial charge in [0.1, 0.15) is 6.17 Å². The van der Waals surface area contributed by atoms with Crippen molar-refractivity contribution < 1.29 is 5.11 Å². The number of aliphatic hydroxyl groups excluding tert-OH is 1. The predicted octanol–water partition coefficient (Wildman–Crippen LogP) is 3.95. The van der Waals surface area contributed by atoms with Crippen molar-refractivity contribution in [1.29, 1.82) is 0 Å².